The van der Waals surface area contributed by atoms with Gasteiger partial charge < -0.3 is 10.1 Å². The van der Waals surface area contributed by atoms with Crippen LogP contribution in [0.1, 0.15) is 44.2 Å². The van der Waals surface area contributed by atoms with Crippen molar-refractivity contribution in [1.82, 2.24) is 0 Å². The SMILES string of the molecule is CC(C)(C)c1ccccc1NC(=O)C1CCOc2ccccc21. The molecule has 1 unspecified atom stereocenters. The fraction of sp³-hybridized carbons (Fsp3) is 0.350. The summed E-state index contributed by atoms with van der Waals surface area (Å²) in [6.07, 6.45) is 0.709. The number of ether oxygens (including phenoxy) is 1. The van der Waals surface area contributed by atoms with Gasteiger partial charge in [-0.15, -0.1) is 0 Å². The van der Waals surface area contributed by atoms with Crippen molar-refractivity contribution < 1.29 is 9.53 Å². The van der Waals surface area contributed by atoms with Gasteiger partial charge in [0.05, 0.1) is 12.5 Å². The molecule has 0 fully saturated rings. The number of rotatable bonds is 2. The van der Waals surface area contributed by atoms with Gasteiger partial charge in [-0.05, 0) is 29.5 Å². The standard InChI is InChI=1S/C20H23NO2/c1-20(2,3)16-9-5-6-10-17(16)21-19(22)15-12-13-23-18-11-7-4-8-14(15)18/h4-11,15H,12-13H2,1-3H3,(H,21,22). The molecule has 0 aromatic heterocycles. The van der Waals surface area contributed by atoms with E-state index in [-0.39, 0.29) is 17.2 Å². The van der Waals surface area contributed by atoms with Gasteiger partial charge in [0.2, 0.25) is 5.91 Å². The highest BCUT2D eigenvalue weighted by Gasteiger charge is 2.28. The van der Waals surface area contributed by atoms with Crippen molar-refractivity contribution in [3.63, 3.8) is 0 Å². The van der Waals surface area contributed by atoms with E-state index < -0.39 is 0 Å². The Bertz CT molecular complexity index is 716. The number of hydrogen-bond donors (Lipinski definition) is 1. The van der Waals surface area contributed by atoms with Gasteiger partial charge in [-0.2, -0.15) is 0 Å². The van der Waals surface area contributed by atoms with Crippen LogP contribution in [0.25, 0.3) is 0 Å². The normalized spacial score (nSPS) is 17.1. The first-order valence-electron chi connectivity index (χ1n) is 8.09. The van der Waals surface area contributed by atoms with Gasteiger partial charge in [0.1, 0.15) is 5.75 Å². The number of carbonyl (C=O) groups is 1. The summed E-state index contributed by atoms with van der Waals surface area (Å²) >= 11 is 0. The zero-order valence-electron chi connectivity index (χ0n) is 13.9. The lowest BCUT2D eigenvalue weighted by Gasteiger charge is -2.27. The van der Waals surface area contributed by atoms with Crippen molar-refractivity contribution in [2.24, 2.45) is 0 Å². The summed E-state index contributed by atoms with van der Waals surface area (Å²) in [7, 11) is 0. The minimum Gasteiger partial charge on any atom is -0.493 e. The van der Waals surface area contributed by atoms with E-state index in [9.17, 15) is 4.79 Å². The highest BCUT2D eigenvalue weighted by molar-refractivity contribution is 5.97. The Balaban J connectivity index is 1.87. The molecule has 1 N–H and O–H groups in total. The van der Waals surface area contributed by atoms with Crippen LogP contribution in [0.15, 0.2) is 48.5 Å². The second kappa shape index (κ2) is 6.07. The quantitative estimate of drug-likeness (QED) is 0.887. The summed E-state index contributed by atoms with van der Waals surface area (Å²) in [5.74, 6) is 0.702. The van der Waals surface area contributed by atoms with Crippen molar-refractivity contribution in [1.29, 1.82) is 0 Å². The van der Waals surface area contributed by atoms with Crippen molar-refractivity contribution >= 4 is 11.6 Å². The van der Waals surface area contributed by atoms with E-state index in [2.05, 4.69) is 32.2 Å². The summed E-state index contributed by atoms with van der Waals surface area (Å²) in [5, 5.41) is 3.13. The third kappa shape index (κ3) is 3.24. The van der Waals surface area contributed by atoms with Crippen LogP contribution in [-0.2, 0) is 10.2 Å². The molecule has 3 rings (SSSR count). The van der Waals surface area contributed by atoms with Crippen LogP contribution in [0.5, 0.6) is 5.75 Å². The number of carbonyl (C=O) groups excluding carboxylic acids is 1. The van der Waals surface area contributed by atoms with Crippen LogP contribution in [0, 0.1) is 0 Å². The predicted molar refractivity (Wildman–Crippen MR) is 93.1 cm³/mol. The molecular formula is C20H23NO2. The maximum Gasteiger partial charge on any atom is 0.232 e. The summed E-state index contributed by atoms with van der Waals surface area (Å²) in [6, 6.07) is 15.8. The van der Waals surface area contributed by atoms with Crippen LogP contribution < -0.4 is 10.1 Å². The van der Waals surface area contributed by atoms with Crippen LogP contribution in [-0.4, -0.2) is 12.5 Å². The Labute approximate surface area is 137 Å². The fourth-order valence-electron chi connectivity index (χ4n) is 3.08. The number of amides is 1. The first-order chi connectivity index (χ1) is 11.0. The smallest absolute Gasteiger partial charge is 0.232 e. The molecule has 120 valence electrons. The van der Waals surface area contributed by atoms with Crippen LogP contribution in [0.2, 0.25) is 0 Å². The fourth-order valence-corrected chi connectivity index (χ4v) is 3.08. The minimum absolute atomic E-state index is 0.0164. The van der Waals surface area contributed by atoms with Gasteiger partial charge in [0.25, 0.3) is 0 Å². The van der Waals surface area contributed by atoms with Gasteiger partial charge in [0, 0.05) is 11.3 Å². The molecule has 0 aliphatic carbocycles. The van der Waals surface area contributed by atoms with Crippen molar-refractivity contribution in [3.05, 3.63) is 59.7 Å². The molecule has 1 amide bonds. The van der Waals surface area contributed by atoms with Crippen LogP contribution >= 0.6 is 0 Å². The number of anilines is 1. The van der Waals surface area contributed by atoms with E-state index >= 15 is 0 Å². The Morgan fingerprint density at radius 2 is 1.78 bits per heavy atom. The molecule has 1 aliphatic heterocycles. The Morgan fingerprint density at radius 3 is 2.57 bits per heavy atom. The summed E-state index contributed by atoms with van der Waals surface area (Å²) in [5.41, 5.74) is 3.00. The number of para-hydroxylation sites is 2. The molecule has 1 heterocycles. The van der Waals surface area contributed by atoms with Crippen molar-refractivity contribution in [2.75, 3.05) is 11.9 Å². The van der Waals surface area contributed by atoms with Crippen LogP contribution in [0.4, 0.5) is 5.69 Å². The second-order valence-electron chi connectivity index (χ2n) is 7.01. The lowest BCUT2D eigenvalue weighted by molar-refractivity contribution is -0.118. The average Bonchev–Trinajstić information content (AvgIpc) is 2.54. The molecule has 0 bridgehead atoms. The van der Waals surface area contributed by atoms with E-state index in [1.165, 1.54) is 0 Å². The first kappa shape index (κ1) is 15.6. The Morgan fingerprint density at radius 1 is 1.09 bits per heavy atom. The second-order valence-corrected chi connectivity index (χ2v) is 7.01. The molecule has 0 saturated heterocycles. The van der Waals surface area contributed by atoms with Gasteiger partial charge in [-0.1, -0.05) is 57.2 Å². The number of fused-ring (bicyclic) bond motifs is 1. The zero-order valence-corrected chi connectivity index (χ0v) is 13.9. The monoisotopic (exact) mass is 309 g/mol. The Kier molecular flexibility index (Phi) is 4.12. The first-order valence-corrected chi connectivity index (χ1v) is 8.09. The lowest BCUT2D eigenvalue weighted by Crippen LogP contribution is -2.27. The van der Waals surface area contributed by atoms with E-state index in [1.54, 1.807) is 0 Å². The largest absolute Gasteiger partial charge is 0.493 e. The van der Waals surface area contributed by atoms with Gasteiger partial charge in [0.15, 0.2) is 0 Å². The molecule has 2 aromatic carbocycles. The van der Waals surface area contributed by atoms with Gasteiger partial charge in [-0.3, -0.25) is 4.79 Å². The maximum atomic E-state index is 12.8. The molecule has 1 atom stereocenters. The third-order valence-corrected chi connectivity index (χ3v) is 4.27. The van der Waals surface area contributed by atoms with Gasteiger partial charge >= 0.3 is 0 Å². The topological polar surface area (TPSA) is 38.3 Å². The molecule has 0 spiro atoms. The maximum absolute atomic E-state index is 12.8. The van der Waals surface area contributed by atoms with E-state index in [0.29, 0.717) is 13.0 Å². The average molecular weight is 309 g/mol. The third-order valence-electron chi connectivity index (χ3n) is 4.27. The van der Waals surface area contributed by atoms with E-state index in [1.807, 2.05) is 42.5 Å². The molecular weight excluding hydrogens is 286 g/mol. The molecule has 0 saturated carbocycles. The number of benzene rings is 2. The molecule has 3 heteroatoms. The highest BCUT2D eigenvalue weighted by Crippen LogP contribution is 2.35. The Hall–Kier alpha value is -2.29. The zero-order chi connectivity index (χ0) is 16.4. The minimum atomic E-state index is -0.159. The molecule has 3 nitrogen and oxygen atoms in total. The van der Waals surface area contributed by atoms with Crippen molar-refractivity contribution in [3.8, 4) is 5.75 Å². The number of hydrogen-bond acceptors (Lipinski definition) is 2. The molecule has 0 radical (unpaired) electrons. The summed E-state index contributed by atoms with van der Waals surface area (Å²) in [4.78, 5) is 12.8. The molecule has 2 aromatic rings. The van der Waals surface area contributed by atoms with E-state index in [4.69, 9.17) is 4.74 Å². The van der Waals surface area contributed by atoms with E-state index in [0.717, 1.165) is 22.6 Å². The predicted octanol–water partition coefficient (Wildman–Crippen LogP) is 4.49. The van der Waals surface area contributed by atoms with Crippen LogP contribution in [0.3, 0.4) is 0 Å². The summed E-state index contributed by atoms with van der Waals surface area (Å²) in [6.45, 7) is 7.04. The molecule has 23 heavy (non-hydrogen) atoms. The summed E-state index contributed by atoms with van der Waals surface area (Å²) < 4.78 is 5.65. The number of nitrogens with one attached hydrogen (secondary N) is 1. The van der Waals surface area contributed by atoms with Gasteiger partial charge in [-0.25, -0.2) is 0 Å². The lowest BCUT2D eigenvalue weighted by atomic mass is 9.85. The van der Waals surface area contributed by atoms with Crippen molar-refractivity contribution in [2.45, 2.75) is 38.5 Å². The molecule has 1 aliphatic rings. The highest BCUT2D eigenvalue weighted by atomic mass is 16.5.